The van der Waals surface area contributed by atoms with Gasteiger partial charge in [-0.25, -0.2) is 9.13 Å². The number of phosphoric acid groups is 2. The number of aliphatic hydroxyl groups excluding tert-OH is 1. The number of unbranched alkanes of at least 4 members (excludes halogenated alkanes) is 43. The van der Waals surface area contributed by atoms with Gasteiger partial charge in [0.25, 0.3) is 0 Å². The van der Waals surface area contributed by atoms with Gasteiger partial charge in [-0.15, -0.1) is 0 Å². The van der Waals surface area contributed by atoms with Crippen LogP contribution in [0.2, 0.25) is 0 Å². The molecule has 0 aromatic rings. The number of esters is 4. The third kappa shape index (κ3) is 74.1. The SMILES string of the molecule is CC(C)CCCCCCCCCCCCCCCCCCCCC(=O)OC[C@H](COP(=O)(O)OC[C@@H](O)COP(=O)(O)OC[C@@H](COC(=O)CCCCCCCCC(C)C)OC(=O)CCCCCCCCCCCCC(C)C)OC(=O)CCCCCCCCCCCCCCCC(C)C. The van der Waals surface area contributed by atoms with Crippen LogP contribution in [-0.2, 0) is 65.4 Å². The minimum atomic E-state index is -4.96. The second-order valence-corrected chi connectivity index (χ2v) is 33.6. The van der Waals surface area contributed by atoms with Crippen molar-refractivity contribution in [1.29, 1.82) is 0 Å². The van der Waals surface area contributed by atoms with E-state index in [4.69, 9.17) is 37.0 Å². The van der Waals surface area contributed by atoms with E-state index < -0.39 is 97.5 Å². The number of rotatable bonds is 77. The molecular weight excluding hydrogens is 1290 g/mol. The number of ether oxygens (including phenoxy) is 4. The molecule has 0 aliphatic heterocycles. The quantitative estimate of drug-likeness (QED) is 0.0222. The molecule has 0 heterocycles. The van der Waals surface area contributed by atoms with Gasteiger partial charge < -0.3 is 33.8 Å². The fourth-order valence-electron chi connectivity index (χ4n) is 12.3. The van der Waals surface area contributed by atoms with Crippen molar-refractivity contribution in [3.63, 3.8) is 0 Å². The molecule has 99 heavy (non-hydrogen) atoms. The minimum Gasteiger partial charge on any atom is -0.462 e. The number of carbonyl (C=O) groups is 4. The van der Waals surface area contributed by atoms with Gasteiger partial charge in [-0.1, -0.05) is 357 Å². The van der Waals surface area contributed by atoms with Crippen LogP contribution in [0.3, 0.4) is 0 Å². The molecule has 3 N–H and O–H groups in total. The molecule has 17 nitrogen and oxygen atoms in total. The number of aliphatic hydroxyl groups is 1. The molecule has 19 heteroatoms. The van der Waals surface area contributed by atoms with E-state index in [1.165, 1.54) is 205 Å². The number of hydrogen-bond donors (Lipinski definition) is 3. The zero-order valence-electron chi connectivity index (χ0n) is 65.1. The Morgan fingerprint density at radius 2 is 0.424 bits per heavy atom. The van der Waals surface area contributed by atoms with E-state index in [1.54, 1.807) is 0 Å². The van der Waals surface area contributed by atoms with Gasteiger partial charge in [0.15, 0.2) is 12.2 Å². The number of phosphoric ester groups is 2. The first-order chi connectivity index (χ1) is 47.6. The predicted molar refractivity (Wildman–Crippen MR) is 404 cm³/mol. The topological polar surface area (TPSA) is 237 Å². The van der Waals surface area contributed by atoms with Crippen molar-refractivity contribution in [2.45, 2.75) is 427 Å². The highest BCUT2D eigenvalue weighted by molar-refractivity contribution is 7.47. The molecule has 0 aliphatic rings. The molecule has 5 atom stereocenters. The Kier molecular flexibility index (Phi) is 67.8. The lowest BCUT2D eigenvalue weighted by Crippen LogP contribution is -2.30. The highest BCUT2D eigenvalue weighted by Crippen LogP contribution is 2.45. The maximum atomic E-state index is 13.1. The number of carbonyl (C=O) groups excluding carboxylic acids is 4. The van der Waals surface area contributed by atoms with E-state index in [2.05, 4.69) is 55.4 Å². The van der Waals surface area contributed by atoms with Gasteiger partial charge in [-0.3, -0.25) is 37.3 Å². The zero-order chi connectivity index (χ0) is 73.1. The molecule has 0 saturated carbocycles. The van der Waals surface area contributed by atoms with Crippen molar-refractivity contribution >= 4 is 39.5 Å². The largest absolute Gasteiger partial charge is 0.472 e. The molecule has 0 rings (SSSR count). The summed E-state index contributed by atoms with van der Waals surface area (Å²) in [7, 11) is -9.92. The van der Waals surface area contributed by atoms with Crippen molar-refractivity contribution in [3.8, 4) is 0 Å². The summed E-state index contributed by atoms with van der Waals surface area (Å²) in [4.78, 5) is 72.9. The lowest BCUT2D eigenvalue weighted by atomic mass is 10.0. The van der Waals surface area contributed by atoms with Crippen LogP contribution in [0, 0.1) is 23.7 Å². The number of hydrogen-bond acceptors (Lipinski definition) is 15. The van der Waals surface area contributed by atoms with Gasteiger partial charge in [-0.05, 0) is 49.4 Å². The van der Waals surface area contributed by atoms with Crippen LogP contribution in [0.25, 0.3) is 0 Å². The van der Waals surface area contributed by atoms with Crippen molar-refractivity contribution in [2.75, 3.05) is 39.6 Å². The summed E-state index contributed by atoms with van der Waals surface area (Å²) in [5, 5.41) is 10.6. The van der Waals surface area contributed by atoms with Gasteiger partial charge in [0.1, 0.15) is 19.3 Å². The highest BCUT2D eigenvalue weighted by Gasteiger charge is 2.30. The average Bonchev–Trinajstić information content (AvgIpc) is 0.983. The molecule has 0 amide bonds. The standard InChI is InChI=1S/C80H156O17P2/c1-70(2)56-48-40-32-26-20-16-13-11-9-10-12-14-18-22-29-35-44-52-60-77(82)90-66-75(96-79(84)62-54-46-36-30-23-19-15-17-21-27-33-41-49-57-71(3)4)68-94-98(86,87)92-64-74(81)65-93-99(88,89)95-69-76(67-91-78(83)61-53-45-39-38-43-51-59-73(7)8)97-80(85)63-55-47-37-31-25-24-28-34-42-50-58-72(5)6/h70-76,81H,9-69H2,1-8H3,(H,86,87)(H,88,89)/t74-,75-,76-/m1/s1. The third-order valence-corrected chi connectivity index (χ3v) is 20.5. The monoisotopic (exact) mass is 1450 g/mol. The van der Waals surface area contributed by atoms with Crippen molar-refractivity contribution < 1.29 is 80.2 Å². The maximum Gasteiger partial charge on any atom is 0.472 e. The fraction of sp³-hybridized carbons (Fsp3) is 0.950. The van der Waals surface area contributed by atoms with Crippen molar-refractivity contribution in [2.24, 2.45) is 23.7 Å². The summed E-state index contributed by atoms with van der Waals surface area (Å²) in [6.45, 7) is 14.2. The molecule has 2 unspecified atom stereocenters. The van der Waals surface area contributed by atoms with E-state index in [9.17, 15) is 43.2 Å². The second kappa shape index (κ2) is 69.1. The van der Waals surface area contributed by atoms with Crippen LogP contribution in [0.15, 0.2) is 0 Å². The average molecular weight is 1450 g/mol. The maximum absolute atomic E-state index is 13.1. The Bertz CT molecular complexity index is 1940. The molecule has 0 spiro atoms. The molecular formula is C80H156O17P2. The Hall–Kier alpha value is -1.94. The first-order valence-electron chi connectivity index (χ1n) is 41.2. The van der Waals surface area contributed by atoms with Crippen molar-refractivity contribution in [3.05, 3.63) is 0 Å². The van der Waals surface area contributed by atoms with E-state index in [0.29, 0.717) is 31.6 Å². The van der Waals surface area contributed by atoms with Crippen molar-refractivity contribution in [1.82, 2.24) is 0 Å². The summed E-state index contributed by atoms with van der Waals surface area (Å²) < 4.78 is 68.6. The van der Waals surface area contributed by atoms with E-state index in [1.807, 2.05) is 0 Å². The Balaban J connectivity index is 5.20. The summed E-state index contributed by atoms with van der Waals surface area (Å²) in [6.07, 6.45) is 55.8. The molecule has 588 valence electrons. The normalized spacial score (nSPS) is 14.1. The molecule has 0 saturated heterocycles. The summed E-state index contributed by atoms with van der Waals surface area (Å²) in [5.74, 6) is 0.923. The first-order valence-corrected chi connectivity index (χ1v) is 44.2. The Morgan fingerprint density at radius 1 is 0.253 bits per heavy atom. The molecule has 0 radical (unpaired) electrons. The fourth-order valence-corrected chi connectivity index (χ4v) is 13.8. The van der Waals surface area contributed by atoms with Gasteiger partial charge in [0, 0.05) is 25.7 Å². The molecule has 0 fully saturated rings. The summed E-state index contributed by atoms with van der Waals surface area (Å²) in [6, 6.07) is 0. The third-order valence-electron chi connectivity index (χ3n) is 18.6. The van der Waals surface area contributed by atoms with Crippen LogP contribution in [0.4, 0.5) is 0 Å². The zero-order valence-corrected chi connectivity index (χ0v) is 66.9. The van der Waals surface area contributed by atoms with Gasteiger partial charge in [0.2, 0.25) is 0 Å². The predicted octanol–water partition coefficient (Wildman–Crippen LogP) is 23.6. The van der Waals surface area contributed by atoms with Crippen LogP contribution in [-0.4, -0.2) is 96.7 Å². The second-order valence-electron chi connectivity index (χ2n) is 30.7. The smallest absolute Gasteiger partial charge is 0.462 e. The molecule has 0 aromatic heterocycles. The first kappa shape index (κ1) is 97.1. The van der Waals surface area contributed by atoms with Crippen LogP contribution < -0.4 is 0 Å². The Labute approximate surface area is 607 Å². The van der Waals surface area contributed by atoms with Crippen LogP contribution in [0.5, 0.6) is 0 Å². The van der Waals surface area contributed by atoms with Gasteiger partial charge in [-0.2, -0.15) is 0 Å². The minimum absolute atomic E-state index is 0.105. The summed E-state index contributed by atoms with van der Waals surface area (Å²) >= 11 is 0. The lowest BCUT2D eigenvalue weighted by molar-refractivity contribution is -0.161. The summed E-state index contributed by atoms with van der Waals surface area (Å²) in [5.41, 5.74) is 0. The molecule has 0 aromatic carbocycles. The molecule has 0 bridgehead atoms. The van der Waals surface area contributed by atoms with Crippen LogP contribution in [0.1, 0.15) is 409 Å². The van der Waals surface area contributed by atoms with Gasteiger partial charge in [0.05, 0.1) is 26.4 Å². The molecule has 0 aliphatic carbocycles. The highest BCUT2D eigenvalue weighted by atomic mass is 31.2. The van der Waals surface area contributed by atoms with Crippen LogP contribution >= 0.6 is 15.6 Å². The van der Waals surface area contributed by atoms with E-state index in [0.717, 1.165) is 114 Å². The lowest BCUT2D eigenvalue weighted by Gasteiger charge is -2.21. The van der Waals surface area contributed by atoms with E-state index >= 15 is 0 Å². The Morgan fingerprint density at radius 3 is 0.626 bits per heavy atom. The van der Waals surface area contributed by atoms with Gasteiger partial charge >= 0.3 is 39.5 Å². The van der Waals surface area contributed by atoms with E-state index in [-0.39, 0.29) is 25.7 Å².